The quantitative estimate of drug-likeness (QED) is 0.660. The third kappa shape index (κ3) is 3.43. The first-order chi connectivity index (χ1) is 13.6. The third-order valence-electron chi connectivity index (χ3n) is 8.54. The molecule has 1 aromatic rings. The van der Waals surface area contributed by atoms with E-state index in [2.05, 4.69) is 30.0 Å². The van der Waals surface area contributed by atoms with Gasteiger partial charge in [-0.25, -0.2) is 0 Å². The van der Waals surface area contributed by atoms with Gasteiger partial charge in [0.05, 0.1) is 7.11 Å². The van der Waals surface area contributed by atoms with Gasteiger partial charge in [0.2, 0.25) is 0 Å². The van der Waals surface area contributed by atoms with Crippen LogP contribution in [0.5, 0.6) is 5.75 Å². The van der Waals surface area contributed by atoms with Gasteiger partial charge in [0.15, 0.2) is 0 Å². The summed E-state index contributed by atoms with van der Waals surface area (Å²) in [5, 5.41) is 0. The molecule has 2 saturated carbocycles. The molecule has 29 heavy (non-hydrogen) atoms. The van der Waals surface area contributed by atoms with Crippen LogP contribution < -0.4 is 4.74 Å². The maximum absolute atomic E-state index is 12.9. The summed E-state index contributed by atoms with van der Waals surface area (Å²) < 4.78 is 5.60. The van der Waals surface area contributed by atoms with E-state index in [9.17, 15) is 4.79 Å². The van der Waals surface area contributed by atoms with Crippen LogP contribution in [0.15, 0.2) is 18.2 Å². The number of ketones is 1. The number of rotatable bonds is 5. The molecule has 1 aliphatic heterocycles. The lowest BCUT2D eigenvalue weighted by Crippen LogP contribution is -2.65. The summed E-state index contributed by atoms with van der Waals surface area (Å²) in [6.07, 6.45) is 10.5. The lowest BCUT2D eigenvalue weighted by molar-refractivity contribution is -0.132. The van der Waals surface area contributed by atoms with Gasteiger partial charge in [-0.1, -0.05) is 25.8 Å². The zero-order chi connectivity index (χ0) is 19.3. The first kappa shape index (κ1) is 21.2. The van der Waals surface area contributed by atoms with Crippen LogP contribution in [0.4, 0.5) is 0 Å². The van der Waals surface area contributed by atoms with Crippen molar-refractivity contribution in [3.05, 3.63) is 29.3 Å². The molecule has 1 saturated heterocycles. The van der Waals surface area contributed by atoms with Gasteiger partial charge in [-0.15, -0.1) is 12.4 Å². The Kier molecular flexibility index (Phi) is 6.01. The van der Waals surface area contributed by atoms with Crippen LogP contribution in [0.2, 0.25) is 0 Å². The Morgan fingerprint density at radius 1 is 1.24 bits per heavy atom. The molecule has 1 aromatic carbocycles. The van der Waals surface area contributed by atoms with Crippen LogP contribution in [-0.4, -0.2) is 36.9 Å². The summed E-state index contributed by atoms with van der Waals surface area (Å²) in [6.45, 7) is 4.74. The van der Waals surface area contributed by atoms with Crippen molar-refractivity contribution in [2.75, 3.05) is 20.2 Å². The molecule has 3 nitrogen and oxygen atoms in total. The van der Waals surface area contributed by atoms with Crippen LogP contribution in [-0.2, 0) is 16.6 Å². The van der Waals surface area contributed by atoms with Crippen molar-refractivity contribution in [3.8, 4) is 5.75 Å². The van der Waals surface area contributed by atoms with Crippen molar-refractivity contribution in [2.24, 2.45) is 17.8 Å². The minimum Gasteiger partial charge on any atom is -0.497 e. The van der Waals surface area contributed by atoms with Crippen molar-refractivity contribution >= 4 is 18.2 Å². The fraction of sp³-hybridized carbons (Fsp3) is 0.720. The van der Waals surface area contributed by atoms with Crippen molar-refractivity contribution in [1.82, 2.24) is 4.90 Å². The predicted octanol–water partition coefficient (Wildman–Crippen LogP) is 5.18. The molecule has 5 rings (SSSR count). The van der Waals surface area contributed by atoms with E-state index in [0.717, 1.165) is 37.4 Å². The van der Waals surface area contributed by atoms with Gasteiger partial charge in [-0.2, -0.15) is 0 Å². The number of hydrogen-bond donors (Lipinski definition) is 0. The monoisotopic (exact) mass is 417 g/mol. The van der Waals surface area contributed by atoms with Gasteiger partial charge in [0.25, 0.3) is 0 Å². The number of carbonyl (C=O) groups excluding carboxylic acids is 1. The fourth-order valence-electron chi connectivity index (χ4n) is 7.19. The second-order valence-electron chi connectivity index (χ2n) is 9.99. The summed E-state index contributed by atoms with van der Waals surface area (Å²) in [7, 11) is 1.76. The van der Waals surface area contributed by atoms with E-state index in [1.165, 1.54) is 56.3 Å². The number of methoxy groups -OCH3 is 1. The summed E-state index contributed by atoms with van der Waals surface area (Å²) in [5.41, 5.74) is 2.98. The van der Waals surface area contributed by atoms with Crippen LogP contribution in [0, 0.1) is 17.8 Å². The van der Waals surface area contributed by atoms with Gasteiger partial charge in [-0.05, 0) is 79.7 Å². The van der Waals surface area contributed by atoms with E-state index in [-0.39, 0.29) is 17.8 Å². The van der Waals surface area contributed by atoms with Gasteiger partial charge in [0, 0.05) is 30.8 Å². The Balaban J connectivity index is 0.00000205. The van der Waals surface area contributed by atoms with Crippen LogP contribution in [0.1, 0.15) is 69.4 Å². The van der Waals surface area contributed by atoms with Crippen molar-refractivity contribution < 1.29 is 9.53 Å². The number of benzene rings is 1. The Hall–Kier alpha value is -1.06. The molecule has 0 N–H and O–H groups in total. The van der Waals surface area contributed by atoms with Gasteiger partial charge < -0.3 is 4.74 Å². The summed E-state index contributed by atoms with van der Waals surface area (Å²) in [5.74, 6) is 3.56. The largest absolute Gasteiger partial charge is 0.497 e. The normalized spacial score (nSPS) is 33.9. The molecule has 3 aliphatic carbocycles. The van der Waals surface area contributed by atoms with Gasteiger partial charge in [-0.3, -0.25) is 9.69 Å². The Morgan fingerprint density at radius 3 is 2.76 bits per heavy atom. The zero-order valence-electron chi connectivity index (χ0n) is 18.0. The van der Waals surface area contributed by atoms with E-state index in [0.29, 0.717) is 23.7 Å². The highest BCUT2D eigenvalue weighted by Gasteiger charge is 2.58. The average Bonchev–Trinajstić information content (AvgIpc) is 2.65. The van der Waals surface area contributed by atoms with E-state index in [4.69, 9.17) is 4.74 Å². The maximum Gasteiger partial charge on any atom is 0.134 e. The van der Waals surface area contributed by atoms with Crippen LogP contribution >= 0.6 is 12.4 Å². The number of Topliss-reactive ketones (excluding diaryl/α,β-unsaturated/α-hetero) is 1. The van der Waals surface area contributed by atoms with Crippen LogP contribution in [0.3, 0.4) is 0 Å². The van der Waals surface area contributed by atoms with E-state index < -0.39 is 0 Å². The minimum absolute atomic E-state index is 0. The standard InChI is InChI=1S/C25H35NO2.ClH/c1-3-5-19-12-20(27)15-25-10-11-26(16-17-6-4-7-17)23(24(19)25)13-18-8-9-21(28-2)14-22(18)25;/h8-9,14,17,19,23-24H,3-7,10-13,15-16H2,1-2H3;1H/t19-,23?,24-,25?;/m0./s1. The molecule has 1 heterocycles. The SMILES string of the molecule is CCC[C@H]1CC(=O)CC23CCN(CC4CCC4)C(Cc4ccc(OC)cc42)[C@H]13.Cl. The molecule has 4 heteroatoms. The zero-order valence-corrected chi connectivity index (χ0v) is 18.8. The molecular formula is C25H36ClNO2. The number of nitrogens with zero attached hydrogens (tertiary/aromatic N) is 1. The smallest absolute Gasteiger partial charge is 0.134 e. The number of carbonyl (C=O) groups is 1. The molecule has 2 unspecified atom stereocenters. The van der Waals surface area contributed by atoms with Crippen molar-refractivity contribution in [1.29, 1.82) is 0 Å². The number of hydrogen-bond acceptors (Lipinski definition) is 3. The summed E-state index contributed by atoms with van der Waals surface area (Å²) in [4.78, 5) is 15.8. The van der Waals surface area contributed by atoms with E-state index in [1.54, 1.807) is 7.11 Å². The molecule has 0 spiro atoms. The first-order valence-electron chi connectivity index (χ1n) is 11.6. The second kappa shape index (κ2) is 8.23. The molecule has 2 bridgehead atoms. The molecule has 4 atom stereocenters. The number of halogens is 1. The summed E-state index contributed by atoms with van der Waals surface area (Å²) in [6, 6.07) is 7.32. The van der Waals surface area contributed by atoms with Crippen molar-refractivity contribution in [2.45, 2.75) is 76.2 Å². The Morgan fingerprint density at radius 2 is 2.07 bits per heavy atom. The second-order valence-corrected chi connectivity index (χ2v) is 9.99. The fourth-order valence-corrected chi connectivity index (χ4v) is 7.19. The lowest BCUT2D eigenvalue weighted by Gasteiger charge is -2.61. The van der Waals surface area contributed by atoms with E-state index >= 15 is 0 Å². The topological polar surface area (TPSA) is 29.5 Å². The first-order valence-corrected chi connectivity index (χ1v) is 11.6. The van der Waals surface area contributed by atoms with Crippen molar-refractivity contribution in [3.63, 3.8) is 0 Å². The lowest BCUT2D eigenvalue weighted by atomic mass is 9.48. The number of ether oxygens (including phenoxy) is 1. The minimum atomic E-state index is 0. The van der Waals surface area contributed by atoms with Crippen LogP contribution in [0.25, 0.3) is 0 Å². The molecule has 4 aliphatic rings. The molecule has 0 amide bonds. The van der Waals surface area contributed by atoms with Gasteiger partial charge in [0.1, 0.15) is 11.5 Å². The Labute approximate surface area is 182 Å². The molecular weight excluding hydrogens is 382 g/mol. The summed E-state index contributed by atoms with van der Waals surface area (Å²) >= 11 is 0. The Bertz CT molecular complexity index is 761. The average molecular weight is 418 g/mol. The molecule has 3 fully saturated rings. The number of fused-ring (bicyclic) bond motifs is 1. The predicted molar refractivity (Wildman–Crippen MR) is 119 cm³/mol. The highest BCUT2D eigenvalue weighted by atomic mass is 35.5. The molecule has 0 radical (unpaired) electrons. The number of likely N-dealkylation sites (tertiary alicyclic amines) is 1. The third-order valence-corrected chi connectivity index (χ3v) is 8.54. The number of piperidine rings is 1. The molecule has 160 valence electrons. The molecule has 0 aromatic heterocycles. The van der Waals surface area contributed by atoms with Gasteiger partial charge >= 0.3 is 0 Å². The highest BCUT2D eigenvalue weighted by Crippen LogP contribution is 2.58. The highest BCUT2D eigenvalue weighted by molar-refractivity contribution is 5.85. The van der Waals surface area contributed by atoms with E-state index in [1.807, 2.05) is 0 Å². The maximum atomic E-state index is 12.9.